The summed E-state index contributed by atoms with van der Waals surface area (Å²) in [4.78, 5) is 13.8. The Kier molecular flexibility index (Phi) is 4.86. The maximum Gasteiger partial charge on any atom is 0.264 e. The van der Waals surface area contributed by atoms with Gasteiger partial charge in [-0.3, -0.25) is 13.9 Å². The predicted octanol–water partition coefficient (Wildman–Crippen LogP) is 0.701. The van der Waals surface area contributed by atoms with Crippen molar-refractivity contribution in [2.24, 2.45) is 11.7 Å². The Morgan fingerprint density at radius 1 is 1.40 bits per heavy atom. The van der Waals surface area contributed by atoms with E-state index in [1.165, 1.54) is 5.57 Å². The Morgan fingerprint density at radius 2 is 2.16 bits per heavy atom. The van der Waals surface area contributed by atoms with E-state index >= 15 is 0 Å². The number of nitrogens with zero attached hydrogens (tertiary/aromatic N) is 1. The maximum absolute atomic E-state index is 11.7. The summed E-state index contributed by atoms with van der Waals surface area (Å²) in [6, 6.07) is 5.93. The monoisotopic (exact) mass is 366 g/mol. The van der Waals surface area contributed by atoms with Gasteiger partial charge in [0.2, 0.25) is 5.91 Å². The molecule has 25 heavy (non-hydrogen) atoms. The van der Waals surface area contributed by atoms with Crippen molar-refractivity contribution in [2.75, 3.05) is 33.0 Å². The van der Waals surface area contributed by atoms with Crippen LogP contribution in [0.15, 0.2) is 18.2 Å². The van der Waals surface area contributed by atoms with Gasteiger partial charge in [0, 0.05) is 19.6 Å². The van der Waals surface area contributed by atoms with Crippen LogP contribution in [0.2, 0.25) is 0 Å². The van der Waals surface area contributed by atoms with E-state index in [1.807, 2.05) is 18.2 Å². The SMILES string of the molecule is COc1ccc2c(c1)C(CN1CCC(OS(C)(=O)=O)C(C(N)=O)C1)=C2. The molecule has 0 bridgehead atoms. The number of hydrogen-bond donors (Lipinski definition) is 1. The summed E-state index contributed by atoms with van der Waals surface area (Å²) < 4.78 is 33.0. The summed E-state index contributed by atoms with van der Waals surface area (Å²) in [5.41, 5.74) is 8.93. The molecular formula is C17H22N2O5S. The Balaban J connectivity index is 1.66. The van der Waals surface area contributed by atoms with E-state index in [4.69, 9.17) is 14.7 Å². The molecule has 1 aromatic rings. The molecule has 1 heterocycles. The number of hydrogen-bond acceptors (Lipinski definition) is 6. The Morgan fingerprint density at radius 3 is 2.80 bits per heavy atom. The first-order valence-electron chi connectivity index (χ1n) is 8.06. The van der Waals surface area contributed by atoms with E-state index in [0.29, 0.717) is 26.1 Å². The van der Waals surface area contributed by atoms with Crippen molar-refractivity contribution in [3.63, 3.8) is 0 Å². The van der Waals surface area contributed by atoms with Crippen molar-refractivity contribution in [3.05, 3.63) is 29.3 Å². The van der Waals surface area contributed by atoms with Gasteiger partial charge >= 0.3 is 0 Å². The van der Waals surface area contributed by atoms with E-state index in [0.717, 1.165) is 23.1 Å². The number of piperidine rings is 1. The Labute approximate surface area is 147 Å². The molecule has 0 spiro atoms. The standard InChI is InChI=1S/C17H22N2O5S/c1-23-13-4-3-11-7-12(14(11)8-13)9-19-6-5-16(24-25(2,21)22)15(10-19)17(18)20/h3-4,7-8,15-16H,5-6,9-10H2,1-2H3,(H2,18,20). The molecule has 2 atom stereocenters. The fourth-order valence-electron chi connectivity index (χ4n) is 3.38. The smallest absolute Gasteiger partial charge is 0.264 e. The topological polar surface area (TPSA) is 98.9 Å². The molecule has 1 fully saturated rings. The van der Waals surface area contributed by atoms with Gasteiger partial charge in [0.05, 0.1) is 25.4 Å². The van der Waals surface area contributed by atoms with Gasteiger partial charge in [0.1, 0.15) is 5.75 Å². The molecule has 1 aliphatic carbocycles. The lowest BCUT2D eigenvalue weighted by atomic mass is 9.87. The molecule has 1 aliphatic heterocycles. The molecule has 8 heteroatoms. The molecule has 0 radical (unpaired) electrons. The number of methoxy groups -OCH3 is 1. The second-order valence-electron chi connectivity index (χ2n) is 6.49. The van der Waals surface area contributed by atoms with E-state index in [-0.39, 0.29) is 0 Å². The van der Waals surface area contributed by atoms with Crippen LogP contribution in [0.25, 0.3) is 11.6 Å². The van der Waals surface area contributed by atoms with Crippen LogP contribution in [0.4, 0.5) is 0 Å². The summed E-state index contributed by atoms with van der Waals surface area (Å²) in [7, 11) is -1.99. The maximum atomic E-state index is 11.7. The van der Waals surface area contributed by atoms with Crippen LogP contribution in [0.5, 0.6) is 5.75 Å². The van der Waals surface area contributed by atoms with Crippen LogP contribution < -0.4 is 10.5 Å². The number of benzene rings is 1. The lowest BCUT2D eigenvalue weighted by molar-refractivity contribution is -0.127. The van der Waals surface area contributed by atoms with Crippen molar-refractivity contribution in [2.45, 2.75) is 12.5 Å². The minimum atomic E-state index is -3.62. The third kappa shape index (κ3) is 4.02. The van der Waals surface area contributed by atoms with E-state index < -0.39 is 28.0 Å². The molecule has 136 valence electrons. The van der Waals surface area contributed by atoms with Crippen LogP contribution >= 0.6 is 0 Å². The van der Waals surface area contributed by atoms with E-state index in [9.17, 15) is 13.2 Å². The lowest BCUT2D eigenvalue weighted by Crippen LogP contribution is -2.50. The first kappa shape index (κ1) is 17.9. The van der Waals surface area contributed by atoms with Crippen LogP contribution in [-0.2, 0) is 19.1 Å². The molecule has 2 N–H and O–H groups in total. The van der Waals surface area contributed by atoms with Gasteiger partial charge in [-0.05, 0) is 41.3 Å². The quantitative estimate of drug-likeness (QED) is 0.744. The van der Waals surface area contributed by atoms with Crippen LogP contribution in [0.1, 0.15) is 17.5 Å². The summed E-state index contributed by atoms with van der Waals surface area (Å²) >= 11 is 0. The third-order valence-electron chi connectivity index (χ3n) is 4.63. The molecule has 0 aromatic heterocycles. The fraction of sp³-hybridized carbons (Fsp3) is 0.471. The summed E-state index contributed by atoms with van der Waals surface area (Å²) in [6.07, 6.45) is 2.85. The zero-order chi connectivity index (χ0) is 18.2. The van der Waals surface area contributed by atoms with Crippen molar-refractivity contribution in [1.29, 1.82) is 0 Å². The molecule has 0 saturated carbocycles. The number of carbonyl (C=O) groups is 1. The second kappa shape index (κ2) is 6.78. The normalized spacial score (nSPS) is 23.4. The molecular weight excluding hydrogens is 344 g/mol. The zero-order valence-electron chi connectivity index (χ0n) is 14.3. The number of rotatable bonds is 6. The van der Waals surface area contributed by atoms with Crippen LogP contribution in [-0.4, -0.2) is 58.3 Å². The minimum absolute atomic E-state index is 0.381. The molecule has 1 saturated heterocycles. The van der Waals surface area contributed by atoms with Crippen LogP contribution in [0.3, 0.4) is 0 Å². The van der Waals surface area contributed by atoms with Crippen molar-refractivity contribution >= 4 is 27.7 Å². The fourth-order valence-corrected chi connectivity index (χ4v) is 4.06. The molecule has 3 rings (SSSR count). The molecule has 2 aliphatic rings. The van der Waals surface area contributed by atoms with Gasteiger partial charge in [-0.1, -0.05) is 6.07 Å². The third-order valence-corrected chi connectivity index (χ3v) is 5.22. The summed E-state index contributed by atoms with van der Waals surface area (Å²) in [5, 5.41) is 0. The lowest BCUT2D eigenvalue weighted by Gasteiger charge is -2.37. The molecule has 7 nitrogen and oxygen atoms in total. The van der Waals surface area contributed by atoms with Crippen molar-refractivity contribution < 1.29 is 22.1 Å². The average Bonchev–Trinajstić information content (AvgIpc) is 2.52. The first-order valence-corrected chi connectivity index (χ1v) is 9.87. The predicted molar refractivity (Wildman–Crippen MR) is 94.3 cm³/mol. The summed E-state index contributed by atoms with van der Waals surface area (Å²) in [5.74, 6) is -0.378. The number of fused-ring (bicyclic) bond motifs is 1. The van der Waals surface area contributed by atoms with E-state index in [1.54, 1.807) is 7.11 Å². The highest BCUT2D eigenvalue weighted by Crippen LogP contribution is 2.36. The van der Waals surface area contributed by atoms with Gasteiger partial charge in [0.25, 0.3) is 10.1 Å². The van der Waals surface area contributed by atoms with Crippen LogP contribution in [0, 0.1) is 5.92 Å². The minimum Gasteiger partial charge on any atom is -0.497 e. The highest BCUT2D eigenvalue weighted by Gasteiger charge is 2.36. The van der Waals surface area contributed by atoms with Gasteiger partial charge in [-0.25, -0.2) is 0 Å². The van der Waals surface area contributed by atoms with Gasteiger partial charge in [-0.15, -0.1) is 0 Å². The van der Waals surface area contributed by atoms with Gasteiger partial charge in [0.15, 0.2) is 0 Å². The zero-order valence-corrected chi connectivity index (χ0v) is 15.1. The van der Waals surface area contributed by atoms with E-state index in [2.05, 4.69) is 11.0 Å². The number of amides is 1. The van der Waals surface area contributed by atoms with Gasteiger partial charge < -0.3 is 10.5 Å². The highest BCUT2D eigenvalue weighted by molar-refractivity contribution is 7.86. The Hall–Kier alpha value is -1.90. The first-order chi connectivity index (χ1) is 11.8. The molecule has 1 amide bonds. The number of primary amides is 1. The summed E-state index contributed by atoms with van der Waals surface area (Å²) in [6.45, 7) is 1.70. The highest BCUT2D eigenvalue weighted by atomic mass is 32.2. The molecule has 2 unspecified atom stereocenters. The number of nitrogens with two attached hydrogens (primary N) is 1. The largest absolute Gasteiger partial charge is 0.497 e. The second-order valence-corrected chi connectivity index (χ2v) is 8.09. The molecule has 1 aromatic carbocycles. The average molecular weight is 366 g/mol. The Bertz CT molecular complexity index is 818. The van der Waals surface area contributed by atoms with Crippen molar-refractivity contribution in [1.82, 2.24) is 4.90 Å². The number of likely N-dealkylation sites (tertiary alicyclic amines) is 1. The number of carbonyl (C=O) groups excluding carboxylic acids is 1. The van der Waals surface area contributed by atoms with Gasteiger partial charge in [-0.2, -0.15) is 8.42 Å². The van der Waals surface area contributed by atoms with Crippen molar-refractivity contribution in [3.8, 4) is 5.75 Å². The number of ether oxygens (including phenoxy) is 1.